The first-order valence-electron chi connectivity index (χ1n) is 10.5. The molecule has 34 heavy (non-hydrogen) atoms. The summed E-state index contributed by atoms with van der Waals surface area (Å²) < 4.78 is 38.7. The number of benzene rings is 1. The van der Waals surface area contributed by atoms with E-state index in [0.29, 0.717) is 37.6 Å². The van der Waals surface area contributed by atoms with Crippen LogP contribution in [0.5, 0.6) is 0 Å². The van der Waals surface area contributed by atoms with Gasteiger partial charge in [0.05, 0.1) is 36.8 Å². The van der Waals surface area contributed by atoms with Crippen molar-refractivity contribution in [3.8, 4) is 0 Å². The van der Waals surface area contributed by atoms with Crippen molar-refractivity contribution in [3.63, 3.8) is 0 Å². The minimum absolute atomic E-state index is 0.160. The number of hydrogen-bond donors (Lipinski definition) is 0. The molecule has 1 aromatic heterocycles. The smallest absolute Gasteiger partial charge is 0.416 e. The Morgan fingerprint density at radius 2 is 1.94 bits per heavy atom. The summed E-state index contributed by atoms with van der Waals surface area (Å²) >= 11 is 5.06. The molecule has 0 N–H and O–H groups in total. The highest BCUT2D eigenvalue weighted by molar-refractivity contribution is 7.80. The summed E-state index contributed by atoms with van der Waals surface area (Å²) in [6, 6.07) is 5.67. The third kappa shape index (κ3) is 4.72. The first-order chi connectivity index (χ1) is 16.3. The van der Waals surface area contributed by atoms with E-state index < -0.39 is 24.0 Å². The van der Waals surface area contributed by atoms with Gasteiger partial charge in [-0.3, -0.25) is 19.6 Å². The summed E-state index contributed by atoms with van der Waals surface area (Å²) in [5.41, 5.74) is 0.902. The topological polar surface area (TPSA) is 78.5 Å². The Bertz CT molecular complexity index is 1110. The quantitative estimate of drug-likeness (QED) is 0.604. The molecule has 2 aliphatic rings. The number of nitrogens with zero attached hydrogens (tertiary/aromatic N) is 5. The van der Waals surface area contributed by atoms with E-state index in [-0.39, 0.29) is 23.2 Å². The number of ether oxygens (including phenoxy) is 2. The molecule has 2 saturated heterocycles. The van der Waals surface area contributed by atoms with E-state index in [1.54, 1.807) is 24.1 Å². The Kier molecular flexibility index (Phi) is 6.77. The van der Waals surface area contributed by atoms with Gasteiger partial charge in [0.15, 0.2) is 6.23 Å². The lowest BCUT2D eigenvalue weighted by Crippen LogP contribution is -2.49. The van der Waals surface area contributed by atoms with Gasteiger partial charge in [-0.25, -0.2) is 13.6 Å². The van der Waals surface area contributed by atoms with Gasteiger partial charge in [-0.2, -0.15) is 0 Å². The zero-order chi connectivity index (χ0) is 24.4. The number of amides is 2. The zero-order valence-electron chi connectivity index (χ0n) is 18.6. The van der Waals surface area contributed by atoms with Crippen LogP contribution in [0.1, 0.15) is 10.4 Å². The van der Waals surface area contributed by atoms with Crippen LogP contribution in [0.15, 0.2) is 36.7 Å². The Morgan fingerprint density at radius 1 is 1.21 bits per heavy atom. The van der Waals surface area contributed by atoms with Crippen LogP contribution in [-0.4, -0.2) is 85.1 Å². The summed E-state index contributed by atoms with van der Waals surface area (Å²) in [6.45, 7) is 1.66. The lowest BCUT2D eigenvalue weighted by atomic mass is 10.2. The maximum absolute atomic E-state index is 15.0. The van der Waals surface area contributed by atoms with Crippen molar-refractivity contribution < 1.29 is 27.8 Å². The highest BCUT2D eigenvalue weighted by Crippen LogP contribution is 2.29. The largest absolute Gasteiger partial charge is 0.474 e. The number of carbonyl (C=O) groups is 2. The molecule has 1 atom stereocenters. The lowest BCUT2D eigenvalue weighted by Gasteiger charge is -2.36. The molecule has 2 aliphatic heterocycles. The molecule has 2 amide bonds. The SMILES string of the molecule is COC(=S)N(C)C1CN(c2ccc(N3CCN(C(=O)c4cncc(F)c4)CC3)c(F)c2)C(=O)O1. The molecule has 0 radical (unpaired) electrons. The second kappa shape index (κ2) is 9.75. The molecule has 0 spiro atoms. The number of pyridine rings is 1. The van der Waals surface area contributed by atoms with Crippen LogP contribution in [0.3, 0.4) is 0 Å². The zero-order valence-corrected chi connectivity index (χ0v) is 19.4. The van der Waals surface area contributed by atoms with Crippen LogP contribution >= 0.6 is 12.2 Å². The molecule has 2 fully saturated rings. The van der Waals surface area contributed by atoms with E-state index >= 15 is 4.39 Å². The molecule has 0 saturated carbocycles. The Morgan fingerprint density at radius 3 is 2.59 bits per heavy atom. The van der Waals surface area contributed by atoms with E-state index in [1.165, 1.54) is 29.2 Å². The first kappa shape index (κ1) is 23.6. The summed E-state index contributed by atoms with van der Waals surface area (Å²) in [6.07, 6.45) is 1.10. The van der Waals surface area contributed by atoms with E-state index in [9.17, 15) is 14.0 Å². The number of likely N-dealkylation sites (N-methyl/N-ethyl adjacent to an activating group) is 1. The fourth-order valence-corrected chi connectivity index (χ4v) is 4.02. The van der Waals surface area contributed by atoms with Gasteiger partial charge in [-0.15, -0.1) is 0 Å². The van der Waals surface area contributed by atoms with Crippen LogP contribution in [0, 0.1) is 11.6 Å². The molecule has 2 aromatic rings. The highest BCUT2D eigenvalue weighted by atomic mass is 32.1. The van der Waals surface area contributed by atoms with Gasteiger partial charge in [0.1, 0.15) is 11.6 Å². The number of carbonyl (C=O) groups excluding carboxylic acids is 2. The lowest BCUT2D eigenvalue weighted by molar-refractivity contribution is 0.0677. The van der Waals surface area contributed by atoms with Gasteiger partial charge in [-0.1, -0.05) is 0 Å². The van der Waals surface area contributed by atoms with E-state index in [1.807, 2.05) is 4.90 Å². The molecule has 3 heterocycles. The summed E-state index contributed by atoms with van der Waals surface area (Å²) in [4.78, 5) is 34.9. The van der Waals surface area contributed by atoms with Gasteiger partial charge >= 0.3 is 6.09 Å². The van der Waals surface area contributed by atoms with Crippen molar-refractivity contribution in [2.24, 2.45) is 0 Å². The van der Waals surface area contributed by atoms with Crippen molar-refractivity contribution in [1.82, 2.24) is 14.8 Å². The Balaban J connectivity index is 1.40. The monoisotopic (exact) mass is 491 g/mol. The van der Waals surface area contributed by atoms with Crippen LogP contribution in [0.4, 0.5) is 25.0 Å². The third-order valence-corrected chi connectivity index (χ3v) is 6.25. The number of piperazine rings is 1. The number of hydrogen-bond acceptors (Lipinski definition) is 7. The second-order valence-electron chi connectivity index (χ2n) is 7.84. The van der Waals surface area contributed by atoms with Crippen molar-refractivity contribution in [1.29, 1.82) is 0 Å². The molecule has 0 bridgehead atoms. The van der Waals surface area contributed by atoms with Gasteiger partial charge in [0, 0.05) is 39.4 Å². The third-order valence-electron chi connectivity index (χ3n) is 5.79. The van der Waals surface area contributed by atoms with Gasteiger partial charge in [0.2, 0.25) is 0 Å². The Hall–Kier alpha value is -3.54. The molecule has 0 aliphatic carbocycles. The molecular weight excluding hydrogens is 468 g/mol. The fourth-order valence-electron chi connectivity index (χ4n) is 3.90. The van der Waals surface area contributed by atoms with E-state index in [0.717, 1.165) is 12.3 Å². The number of halogens is 2. The van der Waals surface area contributed by atoms with Gasteiger partial charge < -0.3 is 19.3 Å². The average Bonchev–Trinajstić information content (AvgIpc) is 3.24. The normalized spacial score (nSPS) is 18.1. The molecule has 1 aromatic carbocycles. The molecule has 1 unspecified atom stereocenters. The number of aromatic nitrogens is 1. The standard InChI is InChI=1S/C22H23F2N5O4S/c1-26(22(34)32-2)19-13-29(21(31)33-19)16-3-4-18(17(24)10-16)27-5-7-28(8-6-27)20(30)14-9-15(23)12-25-11-14/h3-4,9-12,19H,5-8,13H2,1-2H3. The molecular formula is C22H23F2N5O4S. The summed E-state index contributed by atoms with van der Waals surface area (Å²) in [7, 11) is 3.07. The average molecular weight is 492 g/mol. The van der Waals surface area contributed by atoms with Gasteiger partial charge in [-0.05, 0) is 36.5 Å². The number of rotatable bonds is 4. The second-order valence-corrected chi connectivity index (χ2v) is 8.19. The highest BCUT2D eigenvalue weighted by Gasteiger charge is 2.36. The number of thiocarbonyl (C=S) groups is 1. The predicted octanol–water partition coefficient (Wildman–Crippen LogP) is 2.47. The Labute approximate surface area is 200 Å². The van der Waals surface area contributed by atoms with Crippen LogP contribution < -0.4 is 9.80 Å². The van der Waals surface area contributed by atoms with Crippen LogP contribution in [0.25, 0.3) is 0 Å². The molecule has 4 rings (SSSR count). The van der Waals surface area contributed by atoms with Crippen LogP contribution in [-0.2, 0) is 9.47 Å². The van der Waals surface area contributed by atoms with Crippen molar-refractivity contribution >= 4 is 40.8 Å². The van der Waals surface area contributed by atoms with Gasteiger partial charge in [0.25, 0.3) is 11.1 Å². The predicted molar refractivity (Wildman–Crippen MR) is 124 cm³/mol. The molecule has 9 nitrogen and oxygen atoms in total. The van der Waals surface area contributed by atoms with Crippen molar-refractivity contribution in [2.45, 2.75) is 6.23 Å². The van der Waals surface area contributed by atoms with Crippen molar-refractivity contribution in [2.75, 3.05) is 56.7 Å². The van der Waals surface area contributed by atoms with Crippen molar-refractivity contribution in [3.05, 3.63) is 53.9 Å². The van der Waals surface area contributed by atoms with Crippen LogP contribution in [0.2, 0.25) is 0 Å². The number of cyclic esters (lactones) is 1. The minimum atomic E-state index is -0.651. The maximum atomic E-state index is 15.0. The van der Waals surface area contributed by atoms with E-state index in [2.05, 4.69) is 4.98 Å². The summed E-state index contributed by atoms with van der Waals surface area (Å²) in [5, 5.41) is 0.174. The number of anilines is 2. The van der Waals surface area contributed by atoms with E-state index in [4.69, 9.17) is 21.7 Å². The fraction of sp³-hybridized carbons (Fsp3) is 0.364. The number of methoxy groups -OCH3 is 1. The maximum Gasteiger partial charge on any atom is 0.416 e. The molecule has 12 heteroatoms. The first-order valence-corrected chi connectivity index (χ1v) is 10.9. The summed E-state index contributed by atoms with van der Waals surface area (Å²) in [5.74, 6) is -1.39. The minimum Gasteiger partial charge on any atom is -0.474 e. The molecule has 180 valence electrons.